The van der Waals surface area contributed by atoms with Crippen LogP contribution in [0.1, 0.15) is 24.5 Å². The largest absolute Gasteiger partial charge is 0.357 e. The van der Waals surface area contributed by atoms with Crippen LogP contribution < -0.4 is 9.62 Å². The third-order valence-corrected chi connectivity index (χ3v) is 7.87. The number of anilines is 1. The van der Waals surface area contributed by atoms with Gasteiger partial charge in [0, 0.05) is 18.6 Å². The van der Waals surface area contributed by atoms with Crippen LogP contribution in [0.3, 0.4) is 0 Å². The Morgan fingerprint density at radius 3 is 2.11 bits per heavy atom. The molecule has 1 N–H and O–H groups in total. The number of carbonyl (C=O) groups is 2. The Hall–Kier alpha value is -3.36. The van der Waals surface area contributed by atoms with Crippen molar-refractivity contribution in [1.82, 2.24) is 10.2 Å². The second-order valence-corrected chi connectivity index (χ2v) is 10.6. The standard InChI is InChI=1S/C27H30ClN3O4S/c1-4-25(27(33)29-3)30(18-21-12-10-20(2)11-13-21)26(32)19-31(23-8-6-5-7-9-23)36(34,35)24-16-14-22(28)15-17-24/h5-17,25H,4,18-19H2,1-3H3,(H,29,33). The molecule has 2 amide bonds. The third-order valence-electron chi connectivity index (χ3n) is 5.83. The topological polar surface area (TPSA) is 86.8 Å². The summed E-state index contributed by atoms with van der Waals surface area (Å²) in [6.07, 6.45) is 0.368. The van der Waals surface area contributed by atoms with E-state index in [2.05, 4.69) is 5.32 Å². The number of carbonyl (C=O) groups excluding carboxylic acids is 2. The minimum atomic E-state index is -4.11. The Bertz CT molecular complexity index is 1280. The van der Waals surface area contributed by atoms with E-state index < -0.39 is 28.5 Å². The zero-order chi connectivity index (χ0) is 26.3. The SMILES string of the molecule is CCC(C(=O)NC)N(Cc1ccc(C)cc1)C(=O)CN(c1ccccc1)S(=O)(=O)c1ccc(Cl)cc1. The molecule has 3 aromatic carbocycles. The average Bonchev–Trinajstić information content (AvgIpc) is 2.88. The number of nitrogens with one attached hydrogen (secondary N) is 1. The first-order valence-corrected chi connectivity index (χ1v) is 13.4. The van der Waals surface area contributed by atoms with Gasteiger partial charge in [0.1, 0.15) is 12.6 Å². The summed E-state index contributed by atoms with van der Waals surface area (Å²) in [7, 11) is -2.59. The predicted octanol–water partition coefficient (Wildman–Crippen LogP) is 4.40. The summed E-state index contributed by atoms with van der Waals surface area (Å²) in [6.45, 7) is 3.46. The molecular weight excluding hydrogens is 498 g/mol. The molecule has 0 aliphatic carbocycles. The van der Waals surface area contributed by atoms with E-state index in [0.717, 1.165) is 15.4 Å². The fourth-order valence-corrected chi connectivity index (χ4v) is 5.37. The highest BCUT2D eigenvalue weighted by molar-refractivity contribution is 7.92. The van der Waals surface area contributed by atoms with Crippen LogP contribution in [0.5, 0.6) is 0 Å². The van der Waals surface area contributed by atoms with Crippen LogP contribution in [0.2, 0.25) is 5.02 Å². The summed E-state index contributed by atoms with van der Waals surface area (Å²) < 4.78 is 28.4. The van der Waals surface area contributed by atoms with Gasteiger partial charge < -0.3 is 10.2 Å². The fourth-order valence-electron chi connectivity index (χ4n) is 3.83. The van der Waals surface area contributed by atoms with Crippen molar-refractivity contribution in [3.63, 3.8) is 0 Å². The average molecular weight is 528 g/mol. The summed E-state index contributed by atoms with van der Waals surface area (Å²) in [5, 5.41) is 3.02. The van der Waals surface area contributed by atoms with E-state index in [-0.39, 0.29) is 17.3 Å². The molecule has 0 radical (unpaired) electrons. The van der Waals surface area contributed by atoms with Crippen molar-refractivity contribution < 1.29 is 18.0 Å². The lowest BCUT2D eigenvalue weighted by molar-refractivity contribution is -0.140. The molecule has 1 atom stereocenters. The molecule has 0 aromatic heterocycles. The van der Waals surface area contributed by atoms with Gasteiger partial charge in [0.15, 0.2) is 0 Å². The molecule has 0 saturated carbocycles. The molecule has 3 rings (SSSR count). The lowest BCUT2D eigenvalue weighted by Gasteiger charge is -2.33. The molecule has 0 spiro atoms. The quantitative estimate of drug-likeness (QED) is 0.423. The van der Waals surface area contributed by atoms with Crippen LogP contribution in [0.4, 0.5) is 5.69 Å². The number of halogens is 1. The molecule has 3 aromatic rings. The van der Waals surface area contributed by atoms with Crippen molar-refractivity contribution in [2.45, 2.75) is 37.8 Å². The van der Waals surface area contributed by atoms with Crippen molar-refractivity contribution in [3.05, 3.63) is 95.0 Å². The van der Waals surface area contributed by atoms with Gasteiger partial charge in [-0.15, -0.1) is 0 Å². The molecule has 190 valence electrons. The predicted molar refractivity (Wildman–Crippen MR) is 142 cm³/mol. The number of benzene rings is 3. The minimum absolute atomic E-state index is 0.00646. The van der Waals surface area contributed by atoms with Gasteiger partial charge in [0.05, 0.1) is 10.6 Å². The maximum atomic E-state index is 13.8. The number of nitrogens with zero attached hydrogens (tertiary/aromatic N) is 2. The van der Waals surface area contributed by atoms with Crippen LogP contribution in [-0.2, 0) is 26.2 Å². The summed E-state index contributed by atoms with van der Waals surface area (Å²) in [5.41, 5.74) is 2.24. The molecule has 0 bridgehead atoms. The van der Waals surface area contributed by atoms with E-state index in [1.165, 1.54) is 36.2 Å². The van der Waals surface area contributed by atoms with Gasteiger partial charge in [-0.1, -0.05) is 66.6 Å². The van der Waals surface area contributed by atoms with E-state index >= 15 is 0 Å². The van der Waals surface area contributed by atoms with Gasteiger partial charge in [-0.25, -0.2) is 8.42 Å². The Kier molecular flexibility index (Phi) is 9.12. The number of para-hydroxylation sites is 1. The van der Waals surface area contributed by atoms with Crippen LogP contribution in [-0.4, -0.2) is 44.8 Å². The first-order valence-electron chi connectivity index (χ1n) is 11.6. The van der Waals surface area contributed by atoms with E-state index in [9.17, 15) is 18.0 Å². The zero-order valence-electron chi connectivity index (χ0n) is 20.5. The van der Waals surface area contributed by atoms with Crippen molar-refractivity contribution in [3.8, 4) is 0 Å². The Labute approximate surface area is 217 Å². The second kappa shape index (κ2) is 12.1. The Morgan fingerprint density at radius 2 is 1.56 bits per heavy atom. The minimum Gasteiger partial charge on any atom is -0.357 e. The molecular formula is C27H30ClN3O4S. The van der Waals surface area contributed by atoms with Crippen molar-refractivity contribution >= 4 is 39.1 Å². The van der Waals surface area contributed by atoms with Gasteiger partial charge in [-0.2, -0.15) is 0 Å². The van der Waals surface area contributed by atoms with Gasteiger partial charge in [0.2, 0.25) is 11.8 Å². The molecule has 1 unspecified atom stereocenters. The van der Waals surface area contributed by atoms with Gasteiger partial charge >= 0.3 is 0 Å². The van der Waals surface area contributed by atoms with Crippen LogP contribution in [0.15, 0.2) is 83.8 Å². The maximum absolute atomic E-state index is 13.8. The van der Waals surface area contributed by atoms with Crippen LogP contribution in [0.25, 0.3) is 0 Å². The van der Waals surface area contributed by atoms with Crippen LogP contribution in [0, 0.1) is 6.92 Å². The lowest BCUT2D eigenvalue weighted by atomic mass is 10.1. The second-order valence-electron chi connectivity index (χ2n) is 8.35. The van der Waals surface area contributed by atoms with Crippen molar-refractivity contribution in [2.24, 2.45) is 0 Å². The highest BCUT2D eigenvalue weighted by atomic mass is 35.5. The van der Waals surface area contributed by atoms with E-state index in [0.29, 0.717) is 17.1 Å². The highest BCUT2D eigenvalue weighted by Crippen LogP contribution is 2.25. The lowest BCUT2D eigenvalue weighted by Crippen LogP contribution is -2.51. The zero-order valence-corrected chi connectivity index (χ0v) is 22.1. The fraction of sp³-hybridized carbons (Fsp3) is 0.259. The molecule has 0 fully saturated rings. The molecule has 0 heterocycles. The number of hydrogen-bond acceptors (Lipinski definition) is 4. The number of amides is 2. The molecule has 36 heavy (non-hydrogen) atoms. The molecule has 0 saturated heterocycles. The first kappa shape index (κ1) is 27.2. The summed E-state index contributed by atoms with van der Waals surface area (Å²) >= 11 is 5.96. The Balaban J connectivity index is 2.02. The smallest absolute Gasteiger partial charge is 0.264 e. The summed E-state index contributed by atoms with van der Waals surface area (Å²) in [5.74, 6) is -0.808. The first-order chi connectivity index (χ1) is 17.2. The monoisotopic (exact) mass is 527 g/mol. The number of sulfonamides is 1. The summed E-state index contributed by atoms with van der Waals surface area (Å²) in [4.78, 5) is 27.9. The van der Waals surface area contributed by atoms with Gasteiger partial charge in [0.25, 0.3) is 10.0 Å². The highest BCUT2D eigenvalue weighted by Gasteiger charge is 2.33. The molecule has 9 heteroatoms. The molecule has 0 aliphatic rings. The molecule has 7 nitrogen and oxygen atoms in total. The van der Waals surface area contributed by atoms with Gasteiger partial charge in [-0.3, -0.25) is 13.9 Å². The molecule has 0 aliphatic heterocycles. The van der Waals surface area contributed by atoms with Crippen molar-refractivity contribution in [1.29, 1.82) is 0 Å². The Morgan fingerprint density at radius 1 is 0.944 bits per heavy atom. The normalized spacial score (nSPS) is 12.0. The van der Waals surface area contributed by atoms with Gasteiger partial charge in [-0.05, 0) is 55.3 Å². The number of rotatable bonds is 10. The van der Waals surface area contributed by atoms with E-state index in [1.54, 1.807) is 30.3 Å². The van der Waals surface area contributed by atoms with Crippen molar-refractivity contribution in [2.75, 3.05) is 17.9 Å². The van der Waals surface area contributed by atoms with E-state index in [4.69, 9.17) is 11.6 Å². The third kappa shape index (κ3) is 6.44. The summed E-state index contributed by atoms with van der Waals surface area (Å²) in [6, 6.07) is 21.1. The van der Waals surface area contributed by atoms with E-state index in [1.807, 2.05) is 38.1 Å². The van der Waals surface area contributed by atoms with Crippen LogP contribution >= 0.6 is 11.6 Å². The number of hydrogen-bond donors (Lipinski definition) is 1. The number of aryl methyl sites for hydroxylation is 1. The number of likely N-dealkylation sites (N-methyl/N-ethyl adjacent to an activating group) is 1. The maximum Gasteiger partial charge on any atom is 0.264 e.